The van der Waals surface area contributed by atoms with Crippen LogP contribution in [0.3, 0.4) is 0 Å². The van der Waals surface area contributed by atoms with E-state index in [-0.39, 0.29) is 5.60 Å². The molecule has 0 bridgehead atoms. The molecule has 0 aromatic carbocycles. The quantitative estimate of drug-likeness (QED) is 0.557. The molecule has 16 heavy (non-hydrogen) atoms. The molecule has 1 aliphatic carbocycles. The molecular weight excluding hydrogens is 420 g/mol. The van der Waals surface area contributed by atoms with E-state index in [1.165, 1.54) is 24.1 Å². The number of hydrogen-bond acceptors (Lipinski definition) is 2. The van der Waals surface area contributed by atoms with Crippen molar-refractivity contribution in [3.8, 4) is 0 Å². The number of ether oxygens (including phenoxy) is 1. The Balaban J connectivity index is 2.05. The van der Waals surface area contributed by atoms with Crippen LogP contribution >= 0.6 is 59.1 Å². The van der Waals surface area contributed by atoms with Crippen LogP contribution in [0.2, 0.25) is 0 Å². The van der Waals surface area contributed by atoms with Gasteiger partial charge < -0.3 is 4.74 Å². The Bertz CT molecular complexity index is 348. The second-order valence-corrected chi connectivity index (χ2v) is 8.54. The minimum Gasteiger partial charge on any atom is -0.378 e. The summed E-state index contributed by atoms with van der Waals surface area (Å²) in [5, 5.41) is 0. The highest BCUT2D eigenvalue weighted by Gasteiger charge is 2.39. The molecule has 1 aromatic rings. The lowest BCUT2D eigenvalue weighted by molar-refractivity contribution is -0.0772. The summed E-state index contributed by atoms with van der Waals surface area (Å²) in [7, 11) is 1.83. The van der Waals surface area contributed by atoms with Gasteiger partial charge in [-0.15, -0.1) is 11.3 Å². The third-order valence-corrected chi connectivity index (χ3v) is 7.71. The van der Waals surface area contributed by atoms with Gasteiger partial charge in [0, 0.05) is 16.5 Å². The molecule has 0 saturated heterocycles. The predicted molar refractivity (Wildman–Crippen MR) is 79.6 cm³/mol. The molecule has 90 valence electrons. The zero-order valence-electron chi connectivity index (χ0n) is 8.93. The molecule has 5 heteroatoms. The van der Waals surface area contributed by atoms with E-state index in [1.807, 2.05) is 7.11 Å². The highest BCUT2D eigenvalue weighted by molar-refractivity contribution is 9.13. The maximum absolute atomic E-state index is 5.65. The number of methoxy groups -OCH3 is 1. The monoisotopic (exact) mass is 430 g/mol. The van der Waals surface area contributed by atoms with Crippen molar-refractivity contribution in [1.82, 2.24) is 0 Å². The summed E-state index contributed by atoms with van der Waals surface area (Å²) >= 11 is 12.6. The molecule has 1 atom stereocenters. The van der Waals surface area contributed by atoms with Crippen LogP contribution in [0, 0.1) is 0 Å². The van der Waals surface area contributed by atoms with E-state index >= 15 is 0 Å². The maximum Gasteiger partial charge on any atom is 0.0843 e. The van der Waals surface area contributed by atoms with E-state index in [9.17, 15) is 0 Å². The van der Waals surface area contributed by atoms with Crippen LogP contribution < -0.4 is 0 Å². The summed E-state index contributed by atoms with van der Waals surface area (Å²) < 4.78 is 7.95. The van der Waals surface area contributed by atoms with Crippen molar-refractivity contribution in [2.75, 3.05) is 7.11 Å². The van der Waals surface area contributed by atoms with Crippen LogP contribution in [0.5, 0.6) is 0 Å². The Hall–Kier alpha value is 1.10. The molecule has 1 aromatic heterocycles. The fourth-order valence-electron chi connectivity index (χ4n) is 2.01. The van der Waals surface area contributed by atoms with Gasteiger partial charge in [-0.1, -0.05) is 15.9 Å². The van der Waals surface area contributed by atoms with Crippen LogP contribution in [0.4, 0.5) is 0 Å². The first kappa shape index (κ1) is 13.5. The second-order valence-electron chi connectivity index (χ2n) is 4.18. The SMILES string of the molecule is COC1(CC(Br)c2cc(Br)c(Br)s2)CCC1. The Morgan fingerprint density at radius 1 is 1.50 bits per heavy atom. The summed E-state index contributed by atoms with van der Waals surface area (Å²) in [6, 6.07) is 2.18. The van der Waals surface area contributed by atoms with Crippen LogP contribution in [0.25, 0.3) is 0 Å². The summed E-state index contributed by atoms with van der Waals surface area (Å²) in [6.07, 6.45) is 4.74. The Kier molecular flexibility index (Phi) is 4.56. The molecule has 0 amide bonds. The molecule has 1 unspecified atom stereocenters. The van der Waals surface area contributed by atoms with E-state index in [1.54, 1.807) is 11.3 Å². The van der Waals surface area contributed by atoms with Gasteiger partial charge in [0.1, 0.15) is 0 Å². The van der Waals surface area contributed by atoms with E-state index < -0.39 is 0 Å². The zero-order chi connectivity index (χ0) is 11.8. The standard InChI is InChI=1S/C11H13Br3OS/c1-15-11(3-2-4-11)6-8(13)9-5-7(12)10(14)16-9/h5,8H,2-4,6H2,1H3. The number of alkyl halides is 1. The topological polar surface area (TPSA) is 9.23 Å². The van der Waals surface area contributed by atoms with Crippen LogP contribution in [0.1, 0.15) is 35.4 Å². The fourth-order valence-corrected chi connectivity index (χ4v) is 5.08. The highest BCUT2D eigenvalue weighted by atomic mass is 79.9. The van der Waals surface area contributed by atoms with Crippen molar-refractivity contribution < 1.29 is 4.74 Å². The zero-order valence-corrected chi connectivity index (χ0v) is 14.5. The number of thiophene rings is 1. The van der Waals surface area contributed by atoms with Crippen molar-refractivity contribution in [3.63, 3.8) is 0 Å². The third-order valence-electron chi connectivity index (χ3n) is 3.22. The summed E-state index contributed by atoms with van der Waals surface area (Å²) in [6.45, 7) is 0. The third kappa shape index (κ3) is 2.74. The van der Waals surface area contributed by atoms with Crippen molar-refractivity contribution in [2.24, 2.45) is 0 Å². The molecule has 1 saturated carbocycles. The maximum atomic E-state index is 5.65. The molecule has 1 nitrogen and oxygen atoms in total. The van der Waals surface area contributed by atoms with Gasteiger partial charge in [0.25, 0.3) is 0 Å². The van der Waals surface area contributed by atoms with Gasteiger partial charge in [0.2, 0.25) is 0 Å². The van der Waals surface area contributed by atoms with E-state index in [4.69, 9.17) is 4.74 Å². The lowest BCUT2D eigenvalue weighted by atomic mass is 9.76. The summed E-state index contributed by atoms with van der Waals surface area (Å²) in [4.78, 5) is 1.74. The molecule has 0 aliphatic heterocycles. The van der Waals surface area contributed by atoms with Gasteiger partial charge in [0.05, 0.1) is 14.2 Å². The van der Waals surface area contributed by atoms with Gasteiger partial charge >= 0.3 is 0 Å². The van der Waals surface area contributed by atoms with Gasteiger partial charge in [-0.2, -0.15) is 0 Å². The van der Waals surface area contributed by atoms with Gasteiger partial charge in [-0.3, -0.25) is 0 Å². The number of halogens is 3. The Morgan fingerprint density at radius 3 is 2.56 bits per heavy atom. The van der Waals surface area contributed by atoms with Crippen molar-refractivity contribution >= 4 is 59.1 Å². The molecule has 1 fully saturated rings. The average molecular weight is 433 g/mol. The van der Waals surface area contributed by atoms with E-state index in [0.29, 0.717) is 4.83 Å². The first-order valence-electron chi connectivity index (χ1n) is 5.20. The molecule has 0 radical (unpaired) electrons. The Labute approximate surface area is 125 Å². The lowest BCUT2D eigenvalue weighted by Gasteiger charge is -2.41. The van der Waals surface area contributed by atoms with Crippen molar-refractivity contribution in [3.05, 3.63) is 19.2 Å². The van der Waals surface area contributed by atoms with Crippen LogP contribution in [0.15, 0.2) is 14.3 Å². The number of rotatable bonds is 4. The normalized spacial score (nSPS) is 20.5. The molecular formula is C11H13Br3OS. The largest absolute Gasteiger partial charge is 0.378 e. The molecule has 1 heterocycles. The Morgan fingerprint density at radius 2 is 2.19 bits per heavy atom. The van der Waals surface area contributed by atoms with E-state index in [2.05, 4.69) is 53.9 Å². The van der Waals surface area contributed by atoms with Crippen molar-refractivity contribution in [1.29, 1.82) is 0 Å². The molecule has 2 rings (SSSR count). The average Bonchev–Trinajstić information content (AvgIpc) is 2.53. The summed E-state index contributed by atoms with van der Waals surface area (Å²) in [5.74, 6) is 0. The number of hydrogen-bond donors (Lipinski definition) is 0. The first-order chi connectivity index (χ1) is 7.56. The molecule has 1 aliphatic rings. The van der Waals surface area contributed by atoms with Crippen molar-refractivity contribution in [2.45, 2.75) is 36.1 Å². The fraction of sp³-hybridized carbons (Fsp3) is 0.636. The lowest BCUT2D eigenvalue weighted by Crippen LogP contribution is -2.39. The van der Waals surface area contributed by atoms with Gasteiger partial charge in [-0.05, 0) is 63.6 Å². The second kappa shape index (κ2) is 5.39. The van der Waals surface area contributed by atoms with Crippen LogP contribution in [-0.2, 0) is 4.74 Å². The highest BCUT2D eigenvalue weighted by Crippen LogP contribution is 2.47. The van der Waals surface area contributed by atoms with Crippen LogP contribution in [-0.4, -0.2) is 12.7 Å². The van der Waals surface area contributed by atoms with Gasteiger partial charge in [0.15, 0.2) is 0 Å². The summed E-state index contributed by atoms with van der Waals surface area (Å²) in [5.41, 5.74) is 0.122. The smallest absolute Gasteiger partial charge is 0.0843 e. The minimum absolute atomic E-state index is 0.122. The first-order valence-corrected chi connectivity index (χ1v) is 8.52. The molecule has 0 N–H and O–H groups in total. The van der Waals surface area contributed by atoms with Gasteiger partial charge in [-0.25, -0.2) is 0 Å². The molecule has 0 spiro atoms. The predicted octanol–water partition coefficient (Wildman–Crippen LogP) is 5.67. The minimum atomic E-state index is 0.122. The van der Waals surface area contributed by atoms with E-state index in [0.717, 1.165) is 14.7 Å².